The molecule has 0 radical (unpaired) electrons. The van der Waals surface area contributed by atoms with Gasteiger partial charge in [-0.2, -0.15) is 5.10 Å². The summed E-state index contributed by atoms with van der Waals surface area (Å²) in [5.41, 5.74) is 1.09. The van der Waals surface area contributed by atoms with Gasteiger partial charge < -0.3 is 9.88 Å². The van der Waals surface area contributed by atoms with Gasteiger partial charge in [-0.3, -0.25) is 9.48 Å². The molecule has 0 bridgehead atoms. The van der Waals surface area contributed by atoms with Crippen molar-refractivity contribution in [2.24, 2.45) is 7.05 Å². The summed E-state index contributed by atoms with van der Waals surface area (Å²) in [7, 11) is 1.88. The highest BCUT2D eigenvalue weighted by atomic mass is 16.1. The van der Waals surface area contributed by atoms with Gasteiger partial charge in [-0.1, -0.05) is 6.92 Å². The molecule has 3 heterocycles. The lowest BCUT2D eigenvalue weighted by atomic mass is 10.1. The van der Waals surface area contributed by atoms with Crippen LogP contribution in [0, 0.1) is 0 Å². The second-order valence-electron chi connectivity index (χ2n) is 5.82. The number of carbonyl (C=O) groups is 1. The van der Waals surface area contributed by atoms with E-state index in [1.165, 1.54) is 0 Å². The first kappa shape index (κ1) is 14.7. The lowest BCUT2D eigenvalue weighted by molar-refractivity contribution is -0.122. The van der Waals surface area contributed by atoms with Crippen molar-refractivity contribution in [3.63, 3.8) is 0 Å². The SMILES string of the molecule is CCc1nnc2n1C[C@H](NC(=O)CCc1cnn(C)c1)CC2. The molecule has 0 saturated heterocycles. The molecule has 2 aromatic heterocycles. The lowest BCUT2D eigenvalue weighted by Gasteiger charge is -2.25. The van der Waals surface area contributed by atoms with E-state index < -0.39 is 0 Å². The van der Waals surface area contributed by atoms with Crippen molar-refractivity contribution < 1.29 is 4.79 Å². The summed E-state index contributed by atoms with van der Waals surface area (Å²) in [4.78, 5) is 12.1. The fourth-order valence-electron chi connectivity index (χ4n) is 2.92. The maximum Gasteiger partial charge on any atom is 0.220 e. The maximum absolute atomic E-state index is 12.1. The Kier molecular flexibility index (Phi) is 4.22. The highest BCUT2D eigenvalue weighted by molar-refractivity contribution is 5.76. The lowest BCUT2D eigenvalue weighted by Crippen LogP contribution is -2.41. The number of nitrogens with zero attached hydrogens (tertiary/aromatic N) is 5. The van der Waals surface area contributed by atoms with Crippen molar-refractivity contribution in [2.45, 2.75) is 51.6 Å². The molecular weight excluding hydrogens is 280 g/mol. The quantitative estimate of drug-likeness (QED) is 0.879. The Morgan fingerprint density at radius 2 is 2.32 bits per heavy atom. The molecule has 2 aromatic rings. The Balaban J connectivity index is 1.52. The van der Waals surface area contributed by atoms with Crippen molar-refractivity contribution in [3.05, 3.63) is 29.6 Å². The first-order valence-corrected chi connectivity index (χ1v) is 7.83. The first-order valence-electron chi connectivity index (χ1n) is 7.83. The molecule has 3 rings (SSSR count). The van der Waals surface area contributed by atoms with E-state index in [1.807, 2.05) is 19.4 Å². The Hall–Kier alpha value is -2.18. The van der Waals surface area contributed by atoms with Gasteiger partial charge in [-0.15, -0.1) is 10.2 Å². The Morgan fingerprint density at radius 3 is 3.05 bits per heavy atom. The van der Waals surface area contributed by atoms with Gasteiger partial charge in [0.15, 0.2) is 0 Å². The van der Waals surface area contributed by atoms with E-state index in [4.69, 9.17) is 0 Å². The average molecular weight is 302 g/mol. The second-order valence-corrected chi connectivity index (χ2v) is 5.82. The number of aryl methyl sites for hydroxylation is 4. The topological polar surface area (TPSA) is 77.6 Å². The highest BCUT2D eigenvalue weighted by Crippen LogP contribution is 2.15. The van der Waals surface area contributed by atoms with Gasteiger partial charge in [0.05, 0.1) is 6.20 Å². The van der Waals surface area contributed by atoms with Crippen molar-refractivity contribution >= 4 is 5.91 Å². The van der Waals surface area contributed by atoms with Crippen LogP contribution in [0.4, 0.5) is 0 Å². The van der Waals surface area contributed by atoms with Crippen LogP contribution in [0.5, 0.6) is 0 Å². The van der Waals surface area contributed by atoms with Gasteiger partial charge in [0.1, 0.15) is 11.6 Å². The molecule has 1 atom stereocenters. The Bertz CT molecular complexity index is 645. The highest BCUT2D eigenvalue weighted by Gasteiger charge is 2.23. The van der Waals surface area contributed by atoms with Crippen LogP contribution in [-0.2, 0) is 37.6 Å². The van der Waals surface area contributed by atoms with Crippen LogP contribution >= 0.6 is 0 Å². The summed E-state index contributed by atoms with van der Waals surface area (Å²) in [5.74, 6) is 2.14. The second kappa shape index (κ2) is 6.29. The number of amides is 1. The summed E-state index contributed by atoms with van der Waals surface area (Å²) in [5, 5.41) is 15.7. The predicted molar refractivity (Wildman–Crippen MR) is 81.2 cm³/mol. The predicted octanol–water partition coefficient (Wildman–Crippen LogP) is 0.638. The molecule has 118 valence electrons. The molecule has 0 fully saturated rings. The van der Waals surface area contributed by atoms with E-state index in [0.717, 1.165) is 49.4 Å². The number of carbonyl (C=O) groups excluding carboxylic acids is 1. The first-order chi connectivity index (χ1) is 10.7. The van der Waals surface area contributed by atoms with Gasteiger partial charge in [-0.05, 0) is 18.4 Å². The number of nitrogens with one attached hydrogen (secondary N) is 1. The average Bonchev–Trinajstić information content (AvgIpc) is 3.10. The molecule has 7 nitrogen and oxygen atoms in total. The Morgan fingerprint density at radius 1 is 1.45 bits per heavy atom. The molecule has 1 aliphatic heterocycles. The summed E-state index contributed by atoms with van der Waals surface area (Å²) >= 11 is 0. The van der Waals surface area contributed by atoms with Crippen LogP contribution in [0.15, 0.2) is 12.4 Å². The molecule has 0 aliphatic carbocycles. The number of fused-ring (bicyclic) bond motifs is 1. The van der Waals surface area contributed by atoms with Gasteiger partial charge >= 0.3 is 0 Å². The third-order valence-electron chi connectivity index (χ3n) is 4.10. The van der Waals surface area contributed by atoms with E-state index in [-0.39, 0.29) is 11.9 Å². The summed E-state index contributed by atoms with van der Waals surface area (Å²) in [6.45, 7) is 2.86. The standard InChI is InChI=1S/C15H22N6O/c1-3-13-18-19-14-6-5-12(10-21(13)14)17-15(22)7-4-11-8-16-20(2)9-11/h8-9,12H,3-7,10H2,1-2H3,(H,17,22)/t12-/m1/s1. The minimum Gasteiger partial charge on any atom is -0.352 e. The van der Waals surface area contributed by atoms with Crippen LogP contribution in [0.3, 0.4) is 0 Å². The number of hydrogen-bond donors (Lipinski definition) is 1. The summed E-state index contributed by atoms with van der Waals surface area (Å²) in [6.07, 6.45) is 7.66. The van der Waals surface area contributed by atoms with Crippen molar-refractivity contribution in [2.75, 3.05) is 0 Å². The van der Waals surface area contributed by atoms with Crippen molar-refractivity contribution in [1.29, 1.82) is 0 Å². The molecular formula is C15H22N6O. The third-order valence-corrected chi connectivity index (χ3v) is 4.10. The van der Waals surface area contributed by atoms with Gasteiger partial charge in [0, 0.05) is 45.1 Å². The summed E-state index contributed by atoms with van der Waals surface area (Å²) < 4.78 is 3.91. The van der Waals surface area contributed by atoms with Gasteiger partial charge in [-0.25, -0.2) is 0 Å². The minimum absolute atomic E-state index is 0.100. The molecule has 1 N–H and O–H groups in total. The third kappa shape index (κ3) is 3.18. The monoisotopic (exact) mass is 302 g/mol. The zero-order chi connectivity index (χ0) is 15.5. The molecule has 0 aromatic carbocycles. The zero-order valence-electron chi connectivity index (χ0n) is 13.1. The van der Waals surface area contributed by atoms with Gasteiger partial charge in [0.25, 0.3) is 0 Å². The normalized spacial score (nSPS) is 17.3. The summed E-state index contributed by atoms with van der Waals surface area (Å²) in [6, 6.07) is 0.176. The van der Waals surface area contributed by atoms with E-state index in [1.54, 1.807) is 4.68 Å². The fraction of sp³-hybridized carbons (Fsp3) is 0.600. The van der Waals surface area contributed by atoms with E-state index in [0.29, 0.717) is 6.42 Å². The van der Waals surface area contributed by atoms with E-state index in [2.05, 4.69) is 32.1 Å². The van der Waals surface area contributed by atoms with Crippen molar-refractivity contribution in [3.8, 4) is 0 Å². The van der Waals surface area contributed by atoms with Crippen LogP contribution in [0.1, 0.15) is 37.0 Å². The van der Waals surface area contributed by atoms with Crippen LogP contribution in [0.25, 0.3) is 0 Å². The fourth-order valence-corrected chi connectivity index (χ4v) is 2.92. The van der Waals surface area contributed by atoms with Crippen molar-refractivity contribution in [1.82, 2.24) is 29.9 Å². The molecule has 1 amide bonds. The number of hydrogen-bond acceptors (Lipinski definition) is 4. The van der Waals surface area contributed by atoms with E-state index in [9.17, 15) is 4.79 Å². The van der Waals surface area contributed by atoms with Crippen LogP contribution in [-0.4, -0.2) is 36.5 Å². The molecule has 1 aliphatic rings. The molecule has 0 spiro atoms. The largest absolute Gasteiger partial charge is 0.352 e. The number of aromatic nitrogens is 5. The van der Waals surface area contributed by atoms with Gasteiger partial charge in [0.2, 0.25) is 5.91 Å². The minimum atomic E-state index is 0.100. The molecule has 7 heteroatoms. The number of rotatable bonds is 5. The van der Waals surface area contributed by atoms with Crippen LogP contribution in [0.2, 0.25) is 0 Å². The van der Waals surface area contributed by atoms with Crippen LogP contribution < -0.4 is 5.32 Å². The Labute approximate surface area is 129 Å². The zero-order valence-corrected chi connectivity index (χ0v) is 13.1. The smallest absolute Gasteiger partial charge is 0.220 e. The molecule has 0 unspecified atom stereocenters. The molecule has 22 heavy (non-hydrogen) atoms. The van der Waals surface area contributed by atoms with E-state index >= 15 is 0 Å². The molecule has 0 saturated carbocycles. The maximum atomic E-state index is 12.1.